The highest BCUT2D eigenvalue weighted by Crippen LogP contribution is 2.28. The average Bonchev–Trinajstić information content (AvgIpc) is 2.88. The Morgan fingerprint density at radius 2 is 2.28 bits per heavy atom. The summed E-state index contributed by atoms with van der Waals surface area (Å²) in [5.41, 5.74) is 1.71. The fraction of sp³-hybridized carbons (Fsp3) is 0.583. The van der Waals surface area contributed by atoms with Crippen molar-refractivity contribution in [2.24, 2.45) is 0 Å². The van der Waals surface area contributed by atoms with E-state index < -0.39 is 0 Å². The summed E-state index contributed by atoms with van der Waals surface area (Å²) in [4.78, 5) is 18.4. The molecule has 1 fully saturated rings. The lowest BCUT2D eigenvalue weighted by Crippen LogP contribution is -2.40. The SMILES string of the molecule is BrCCC1CCCCN1c1ncnc2nc[nH]c12. The molecule has 3 rings (SSSR count). The number of aromatic amines is 1. The molecule has 1 atom stereocenters. The van der Waals surface area contributed by atoms with Crippen molar-refractivity contribution in [2.45, 2.75) is 31.7 Å². The minimum Gasteiger partial charge on any atom is -0.352 e. The number of aromatic nitrogens is 4. The Kier molecular flexibility index (Phi) is 3.45. The number of rotatable bonds is 3. The topological polar surface area (TPSA) is 57.7 Å². The first-order valence-electron chi connectivity index (χ1n) is 6.37. The largest absolute Gasteiger partial charge is 0.352 e. The Balaban J connectivity index is 1.98. The quantitative estimate of drug-likeness (QED) is 0.885. The lowest BCUT2D eigenvalue weighted by Gasteiger charge is -2.36. The summed E-state index contributed by atoms with van der Waals surface area (Å²) in [6, 6.07) is 0.569. The van der Waals surface area contributed by atoms with Gasteiger partial charge in [0.25, 0.3) is 0 Å². The van der Waals surface area contributed by atoms with Crippen molar-refractivity contribution in [3.63, 3.8) is 0 Å². The third-order valence-electron chi connectivity index (χ3n) is 3.54. The number of H-pyrrole nitrogens is 1. The molecule has 2 aromatic heterocycles. The Morgan fingerprint density at radius 1 is 1.33 bits per heavy atom. The molecule has 0 amide bonds. The smallest absolute Gasteiger partial charge is 0.182 e. The molecule has 0 aromatic carbocycles. The highest BCUT2D eigenvalue weighted by molar-refractivity contribution is 9.09. The van der Waals surface area contributed by atoms with Gasteiger partial charge in [-0.15, -0.1) is 0 Å². The predicted octanol–water partition coefficient (Wildman–Crippen LogP) is 2.50. The number of alkyl halides is 1. The first-order valence-corrected chi connectivity index (χ1v) is 7.49. The van der Waals surface area contributed by atoms with Gasteiger partial charge in [-0.3, -0.25) is 0 Å². The molecule has 0 aliphatic carbocycles. The van der Waals surface area contributed by atoms with E-state index >= 15 is 0 Å². The van der Waals surface area contributed by atoms with Crippen LogP contribution in [0.2, 0.25) is 0 Å². The van der Waals surface area contributed by atoms with E-state index in [-0.39, 0.29) is 0 Å². The number of nitrogens with zero attached hydrogens (tertiary/aromatic N) is 4. The lowest BCUT2D eigenvalue weighted by molar-refractivity contribution is 0.450. The first kappa shape index (κ1) is 11.9. The standard InChI is InChI=1S/C12H16BrN5/c13-5-4-9-3-1-2-6-18(9)12-10-11(15-7-14-10)16-8-17-12/h7-9H,1-6H2,(H,14,15,16,17). The van der Waals surface area contributed by atoms with Gasteiger partial charge >= 0.3 is 0 Å². The second kappa shape index (κ2) is 5.22. The molecule has 1 aliphatic rings. The van der Waals surface area contributed by atoms with Crippen molar-refractivity contribution in [1.29, 1.82) is 0 Å². The highest BCUT2D eigenvalue weighted by atomic mass is 79.9. The van der Waals surface area contributed by atoms with Crippen molar-refractivity contribution >= 4 is 32.9 Å². The van der Waals surface area contributed by atoms with Crippen LogP contribution >= 0.6 is 15.9 Å². The van der Waals surface area contributed by atoms with E-state index in [4.69, 9.17) is 0 Å². The van der Waals surface area contributed by atoms with Gasteiger partial charge in [-0.25, -0.2) is 15.0 Å². The molecule has 0 saturated carbocycles. The van der Waals surface area contributed by atoms with Crippen LogP contribution in [0.3, 0.4) is 0 Å². The number of halogens is 1. The summed E-state index contributed by atoms with van der Waals surface area (Å²) in [6.07, 6.45) is 8.24. The first-order chi connectivity index (χ1) is 8.90. The maximum absolute atomic E-state index is 4.46. The number of hydrogen-bond donors (Lipinski definition) is 1. The number of fused-ring (bicyclic) bond motifs is 1. The number of nitrogens with one attached hydrogen (secondary N) is 1. The Hall–Kier alpha value is -1.17. The van der Waals surface area contributed by atoms with Crippen LogP contribution in [0.5, 0.6) is 0 Å². The molecule has 2 aromatic rings. The van der Waals surface area contributed by atoms with Gasteiger partial charge in [-0.2, -0.15) is 0 Å². The van der Waals surface area contributed by atoms with Crippen LogP contribution in [0.25, 0.3) is 11.2 Å². The minimum atomic E-state index is 0.569. The Labute approximate surface area is 114 Å². The van der Waals surface area contributed by atoms with Gasteiger partial charge in [0, 0.05) is 17.9 Å². The van der Waals surface area contributed by atoms with E-state index in [1.165, 1.54) is 19.3 Å². The molecule has 1 unspecified atom stereocenters. The number of hydrogen-bond acceptors (Lipinski definition) is 4. The maximum Gasteiger partial charge on any atom is 0.182 e. The summed E-state index contributed by atoms with van der Waals surface area (Å²) < 4.78 is 0. The molecule has 1 N–H and O–H groups in total. The highest BCUT2D eigenvalue weighted by Gasteiger charge is 2.25. The van der Waals surface area contributed by atoms with E-state index in [1.807, 2.05) is 0 Å². The van der Waals surface area contributed by atoms with E-state index in [1.54, 1.807) is 12.7 Å². The van der Waals surface area contributed by atoms with Gasteiger partial charge < -0.3 is 9.88 Å². The molecule has 18 heavy (non-hydrogen) atoms. The Morgan fingerprint density at radius 3 is 3.17 bits per heavy atom. The lowest BCUT2D eigenvalue weighted by atomic mass is 10.00. The van der Waals surface area contributed by atoms with E-state index in [0.717, 1.165) is 35.3 Å². The molecule has 0 bridgehead atoms. The van der Waals surface area contributed by atoms with Crippen LogP contribution in [-0.4, -0.2) is 37.9 Å². The van der Waals surface area contributed by atoms with Crippen LogP contribution < -0.4 is 4.90 Å². The second-order valence-corrected chi connectivity index (χ2v) is 5.41. The zero-order valence-corrected chi connectivity index (χ0v) is 11.7. The zero-order chi connectivity index (χ0) is 12.4. The van der Waals surface area contributed by atoms with Gasteiger partial charge in [0.2, 0.25) is 0 Å². The zero-order valence-electron chi connectivity index (χ0n) is 10.1. The molecule has 1 saturated heterocycles. The molecule has 0 radical (unpaired) electrons. The molecule has 5 nitrogen and oxygen atoms in total. The maximum atomic E-state index is 4.46. The molecule has 1 aliphatic heterocycles. The molecular weight excluding hydrogens is 294 g/mol. The predicted molar refractivity (Wildman–Crippen MR) is 75.1 cm³/mol. The van der Waals surface area contributed by atoms with E-state index in [2.05, 4.69) is 40.8 Å². The van der Waals surface area contributed by atoms with Crippen LogP contribution in [0, 0.1) is 0 Å². The van der Waals surface area contributed by atoms with Crippen molar-refractivity contribution in [3.8, 4) is 0 Å². The summed E-state index contributed by atoms with van der Waals surface area (Å²) in [6.45, 7) is 1.07. The summed E-state index contributed by atoms with van der Waals surface area (Å²) in [5.74, 6) is 1.00. The van der Waals surface area contributed by atoms with Crippen LogP contribution in [0.15, 0.2) is 12.7 Å². The van der Waals surface area contributed by atoms with Gasteiger partial charge in [0.1, 0.15) is 11.8 Å². The van der Waals surface area contributed by atoms with Gasteiger partial charge in [-0.05, 0) is 25.7 Å². The van der Waals surface area contributed by atoms with Crippen molar-refractivity contribution < 1.29 is 0 Å². The minimum absolute atomic E-state index is 0.569. The second-order valence-electron chi connectivity index (χ2n) is 4.62. The van der Waals surface area contributed by atoms with Crippen LogP contribution in [0.1, 0.15) is 25.7 Å². The van der Waals surface area contributed by atoms with Crippen molar-refractivity contribution in [1.82, 2.24) is 19.9 Å². The van der Waals surface area contributed by atoms with Crippen molar-refractivity contribution in [3.05, 3.63) is 12.7 Å². The van der Waals surface area contributed by atoms with Gasteiger partial charge in [0.05, 0.1) is 6.33 Å². The molecule has 6 heteroatoms. The molecule has 3 heterocycles. The monoisotopic (exact) mass is 309 g/mol. The molecule has 0 spiro atoms. The molecular formula is C12H16BrN5. The number of anilines is 1. The number of piperidine rings is 1. The third kappa shape index (κ3) is 2.09. The molecule has 96 valence electrons. The third-order valence-corrected chi connectivity index (χ3v) is 4.00. The van der Waals surface area contributed by atoms with Gasteiger partial charge in [0.15, 0.2) is 11.5 Å². The van der Waals surface area contributed by atoms with E-state index in [9.17, 15) is 0 Å². The van der Waals surface area contributed by atoms with E-state index in [0.29, 0.717) is 6.04 Å². The summed E-state index contributed by atoms with van der Waals surface area (Å²) >= 11 is 3.55. The normalized spacial score (nSPS) is 20.5. The van der Waals surface area contributed by atoms with Crippen LogP contribution in [-0.2, 0) is 0 Å². The van der Waals surface area contributed by atoms with Crippen molar-refractivity contribution in [2.75, 3.05) is 16.8 Å². The van der Waals surface area contributed by atoms with Crippen LogP contribution in [0.4, 0.5) is 5.82 Å². The summed E-state index contributed by atoms with van der Waals surface area (Å²) in [7, 11) is 0. The van der Waals surface area contributed by atoms with Gasteiger partial charge in [-0.1, -0.05) is 15.9 Å². The fourth-order valence-electron chi connectivity index (χ4n) is 2.68. The number of imidazole rings is 1. The average molecular weight is 310 g/mol. The summed E-state index contributed by atoms with van der Waals surface area (Å²) in [5, 5.41) is 1.03. The fourth-order valence-corrected chi connectivity index (χ4v) is 3.20. The Bertz CT molecular complexity index is 524.